The van der Waals surface area contributed by atoms with E-state index in [1.54, 1.807) is 6.07 Å². The summed E-state index contributed by atoms with van der Waals surface area (Å²) in [5.74, 6) is -3.49. The summed E-state index contributed by atoms with van der Waals surface area (Å²) in [5.41, 5.74) is 2.91. The third kappa shape index (κ3) is 6.74. The van der Waals surface area contributed by atoms with Gasteiger partial charge in [0.2, 0.25) is 0 Å². The molecule has 1 atom stereocenters. The molecule has 0 aromatic heterocycles. The summed E-state index contributed by atoms with van der Waals surface area (Å²) < 4.78 is 109. The number of aryl methyl sites for hydroxylation is 3. The minimum atomic E-state index is -5.90. The number of hydrogen-bond acceptors (Lipinski definition) is 1. The molecule has 1 unspecified atom stereocenters. The van der Waals surface area contributed by atoms with Crippen LogP contribution in [0.1, 0.15) is 30.0 Å². The van der Waals surface area contributed by atoms with Gasteiger partial charge in [-0.25, -0.2) is 13.2 Å². The standard InChI is InChI=1S/C26H22F8O/c1-2-3-16-4-6-17(7-5-16)8-9-18-10-12-20(21(27)14-18)19-11-13-23(22(28)15-19)35-26(33,34)24(29)25(30,31)32/h4-7,10-15,24H,2-3,8-9H2,1H3. The average molecular weight is 502 g/mol. The lowest BCUT2D eigenvalue weighted by atomic mass is 9.99. The van der Waals surface area contributed by atoms with Crippen molar-refractivity contribution >= 4 is 0 Å². The van der Waals surface area contributed by atoms with Crippen LogP contribution in [0.3, 0.4) is 0 Å². The third-order valence-corrected chi connectivity index (χ3v) is 5.37. The zero-order chi connectivity index (χ0) is 25.8. The molecule has 0 aliphatic carbocycles. The molecular weight excluding hydrogens is 480 g/mol. The lowest BCUT2D eigenvalue weighted by Crippen LogP contribution is -2.45. The van der Waals surface area contributed by atoms with Crippen LogP contribution in [0, 0.1) is 11.6 Å². The van der Waals surface area contributed by atoms with Crippen LogP contribution in [0.25, 0.3) is 11.1 Å². The topological polar surface area (TPSA) is 9.23 Å². The van der Waals surface area contributed by atoms with Gasteiger partial charge in [0.25, 0.3) is 6.17 Å². The molecule has 9 heteroatoms. The summed E-state index contributed by atoms with van der Waals surface area (Å²) in [4.78, 5) is 0. The molecule has 0 spiro atoms. The highest BCUT2D eigenvalue weighted by atomic mass is 19.4. The van der Waals surface area contributed by atoms with Crippen molar-refractivity contribution in [3.05, 3.63) is 89.0 Å². The molecule has 0 saturated carbocycles. The second-order valence-corrected chi connectivity index (χ2v) is 8.09. The van der Waals surface area contributed by atoms with Gasteiger partial charge in [0, 0.05) is 5.56 Å². The van der Waals surface area contributed by atoms with Crippen LogP contribution in [-0.4, -0.2) is 18.5 Å². The van der Waals surface area contributed by atoms with E-state index in [0.29, 0.717) is 30.5 Å². The van der Waals surface area contributed by atoms with E-state index in [9.17, 15) is 35.1 Å². The van der Waals surface area contributed by atoms with E-state index in [1.165, 1.54) is 17.7 Å². The van der Waals surface area contributed by atoms with Gasteiger partial charge in [0.15, 0.2) is 11.6 Å². The van der Waals surface area contributed by atoms with Crippen LogP contribution < -0.4 is 4.74 Å². The van der Waals surface area contributed by atoms with Crippen molar-refractivity contribution in [1.82, 2.24) is 0 Å². The third-order valence-electron chi connectivity index (χ3n) is 5.37. The van der Waals surface area contributed by atoms with E-state index in [2.05, 4.69) is 23.8 Å². The number of hydrogen-bond donors (Lipinski definition) is 0. The Bertz CT molecular complexity index is 1140. The highest BCUT2D eigenvalue weighted by Crippen LogP contribution is 2.38. The zero-order valence-corrected chi connectivity index (χ0v) is 18.6. The Morgan fingerprint density at radius 1 is 0.714 bits per heavy atom. The maximum Gasteiger partial charge on any atom is 0.439 e. The van der Waals surface area contributed by atoms with Crippen LogP contribution in [0.5, 0.6) is 5.75 Å². The van der Waals surface area contributed by atoms with Gasteiger partial charge >= 0.3 is 12.3 Å². The predicted molar refractivity (Wildman–Crippen MR) is 116 cm³/mol. The van der Waals surface area contributed by atoms with Crippen LogP contribution in [-0.2, 0) is 19.3 Å². The number of halogens is 8. The SMILES string of the molecule is CCCc1ccc(CCc2ccc(-c3ccc(OC(F)(F)C(F)C(F)(F)F)c(F)c3)c(F)c2)cc1. The molecule has 1 nitrogen and oxygen atoms in total. The van der Waals surface area contributed by atoms with Crippen LogP contribution in [0.15, 0.2) is 60.7 Å². The van der Waals surface area contributed by atoms with Crippen molar-refractivity contribution in [2.45, 2.75) is 51.1 Å². The monoisotopic (exact) mass is 502 g/mol. The molecule has 0 saturated heterocycles. The molecule has 3 rings (SSSR count). The Hall–Kier alpha value is -3.10. The Morgan fingerprint density at radius 2 is 1.29 bits per heavy atom. The van der Waals surface area contributed by atoms with Crippen molar-refractivity contribution in [3.8, 4) is 16.9 Å². The summed E-state index contributed by atoms with van der Waals surface area (Å²) in [6, 6.07) is 14.7. The fraction of sp³-hybridized carbons (Fsp3) is 0.308. The summed E-state index contributed by atoms with van der Waals surface area (Å²) >= 11 is 0. The van der Waals surface area contributed by atoms with Crippen LogP contribution >= 0.6 is 0 Å². The van der Waals surface area contributed by atoms with Gasteiger partial charge in [-0.3, -0.25) is 0 Å². The molecule has 0 fully saturated rings. The van der Waals surface area contributed by atoms with Gasteiger partial charge in [0.05, 0.1) is 0 Å². The maximum absolute atomic E-state index is 14.7. The van der Waals surface area contributed by atoms with E-state index < -0.39 is 35.8 Å². The van der Waals surface area contributed by atoms with E-state index in [0.717, 1.165) is 24.5 Å². The zero-order valence-electron chi connectivity index (χ0n) is 18.6. The van der Waals surface area contributed by atoms with Crippen molar-refractivity contribution in [1.29, 1.82) is 0 Å². The minimum absolute atomic E-state index is 0.0476. The highest BCUT2D eigenvalue weighted by molar-refractivity contribution is 5.65. The first kappa shape index (κ1) is 26.5. The van der Waals surface area contributed by atoms with Gasteiger partial charge in [-0.15, -0.1) is 0 Å². The van der Waals surface area contributed by atoms with Crippen molar-refractivity contribution in [3.63, 3.8) is 0 Å². The molecule has 0 bridgehead atoms. The highest BCUT2D eigenvalue weighted by Gasteiger charge is 2.59. The van der Waals surface area contributed by atoms with Crippen LogP contribution in [0.2, 0.25) is 0 Å². The number of alkyl halides is 6. The molecule has 0 radical (unpaired) electrons. The Kier molecular flexibility index (Phi) is 8.07. The summed E-state index contributed by atoms with van der Waals surface area (Å²) in [6.07, 6.45) is -12.6. The first-order valence-electron chi connectivity index (χ1n) is 10.8. The molecular formula is C26H22F8O. The van der Waals surface area contributed by atoms with E-state index >= 15 is 0 Å². The number of benzene rings is 3. The van der Waals surface area contributed by atoms with Gasteiger partial charge < -0.3 is 4.74 Å². The van der Waals surface area contributed by atoms with Crippen molar-refractivity contribution in [2.75, 3.05) is 0 Å². The molecule has 35 heavy (non-hydrogen) atoms. The minimum Gasteiger partial charge on any atom is -0.427 e. The molecule has 3 aromatic rings. The fourth-order valence-corrected chi connectivity index (χ4v) is 3.54. The van der Waals surface area contributed by atoms with Gasteiger partial charge in [-0.05, 0) is 59.7 Å². The number of ether oxygens (including phenoxy) is 1. The van der Waals surface area contributed by atoms with Crippen molar-refractivity contribution in [2.24, 2.45) is 0 Å². The largest absolute Gasteiger partial charge is 0.439 e. The molecule has 0 N–H and O–H groups in total. The Morgan fingerprint density at radius 3 is 1.83 bits per heavy atom. The van der Waals surface area contributed by atoms with Gasteiger partial charge in [-0.1, -0.05) is 55.8 Å². The quantitative estimate of drug-likeness (QED) is 0.268. The molecule has 3 aromatic carbocycles. The van der Waals surface area contributed by atoms with E-state index in [1.807, 2.05) is 12.1 Å². The van der Waals surface area contributed by atoms with E-state index in [-0.39, 0.29) is 11.1 Å². The summed E-state index contributed by atoms with van der Waals surface area (Å²) in [6.45, 7) is 2.10. The Balaban J connectivity index is 1.70. The smallest absolute Gasteiger partial charge is 0.427 e. The van der Waals surface area contributed by atoms with Gasteiger partial charge in [0.1, 0.15) is 5.82 Å². The van der Waals surface area contributed by atoms with Crippen molar-refractivity contribution < 1.29 is 39.9 Å². The molecule has 0 heterocycles. The van der Waals surface area contributed by atoms with Gasteiger partial charge in [-0.2, -0.15) is 22.0 Å². The first-order chi connectivity index (χ1) is 16.4. The maximum atomic E-state index is 14.7. The second-order valence-electron chi connectivity index (χ2n) is 8.09. The lowest BCUT2D eigenvalue weighted by molar-refractivity contribution is -0.305. The molecule has 0 aliphatic rings. The lowest BCUT2D eigenvalue weighted by Gasteiger charge is -2.23. The van der Waals surface area contributed by atoms with E-state index in [4.69, 9.17) is 0 Å². The summed E-state index contributed by atoms with van der Waals surface area (Å²) in [7, 11) is 0. The Labute approximate surface area is 197 Å². The normalized spacial score (nSPS) is 13.1. The molecule has 188 valence electrons. The summed E-state index contributed by atoms with van der Waals surface area (Å²) in [5, 5.41) is 0. The average Bonchev–Trinajstić information content (AvgIpc) is 2.79. The van der Waals surface area contributed by atoms with Crippen LogP contribution in [0.4, 0.5) is 35.1 Å². The molecule has 0 aliphatic heterocycles. The second kappa shape index (κ2) is 10.7. The molecule has 0 amide bonds. The predicted octanol–water partition coefficient (Wildman–Crippen LogP) is 8.24. The number of rotatable bonds is 9. The fourth-order valence-electron chi connectivity index (χ4n) is 3.54. The first-order valence-corrected chi connectivity index (χ1v) is 10.8.